The van der Waals surface area contributed by atoms with E-state index in [1.807, 2.05) is 79.0 Å². The number of halogens is 1. The highest BCUT2D eigenvalue weighted by Gasteiger charge is 2.03. The van der Waals surface area contributed by atoms with Gasteiger partial charge in [0.15, 0.2) is 0 Å². The molecule has 0 saturated heterocycles. The molecule has 0 N–H and O–H groups in total. The average molecular weight is 429 g/mol. The van der Waals surface area contributed by atoms with E-state index in [-0.39, 0.29) is 0 Å². The van der Waals surface area contributed by atoms with Crippen LogP contribution in [0.4, 0.5) is 5.69 Å². The van der Waals surface area contributed by atoms with Gasteiger partial charge in [-0.15, -0.1) is 0 Å². The second-order valence-corrected chi connectivity index (χ2v) is 6.19. The van der Waals surface area contributed by atoms with E-state index in [1.54, 1.807) is 7.11 Å². The molecule has 0 bridgehead atoms. The molecule has 0 aliphatic heterocycles. The van der Waals surface area contributed by atoms with Crippen LogP contribution >= 0.6 is 22.6 Å². The summed E-state index contributed by atoms with van der Waals surface area (Å²) in [6.45, 7) is 0. The van der Waals surface area contributed by atoms with Gasteiger partial charge in [-0.25, -0.2) is 0 Å². The summed E-state index contributed by atoms with van der Waals surface area (Å²) >= 11 is 2.28. The van der Waals surface area contributed by atoms with E-state index < -0.39 is 0 Å². The molecule has 0 unspecified atom stereocenters. The highest BCUT2D eigenvalue weighted by atomic mass is 127. The van der Waals surface area contributed by atoms with Gasteiger partial charge in [-0.1, -0.05) is 24.3 Å². The van der Waals surface area contributed by atoms with Crippen LogP contribution < -0.4 is 9.47 Å². The first-order chi connectivity index (χ1) is 11.8. The van der Waals surface area contributed by atoms with Crippen molar-refractivity contribution in [3.63, 3.8) is 0 Å². The average Bonchev–Trinajstić information content (AvgIpc) is 2.63. The lowest BCUT2D eigenvalue weighted by atomic mass is 10.2. The van der Waals surface area contributed by atoms with Gasteiger partial charge in [-0.3, -0.25) is 4.99 Å². The molecule has 3 rings (SSSR count). The number of benzene rings is 3. The van der Waals surface area contributed by atoms with Gasteiger partial charge in [-0.05, 0) is 71.1 Å². The summed E-state index contributed by atoms with van der Waals surface area (Å²) in [6, 6.07) is 23.4. The number of para-hydroxylation sites is 2. The van der Waals surface area contributed by atoms with Crippen molar-refractivity contribution >= 4 is 34.5 Å². The van der Waals surface area contributed by atoms with Crippen molar-refractivity contribution in [3.05, 3.63) is 81.9 Å². The van der Waals surface area contributed by atoms with Crippen molar-refractivity contribution in [2.45, 2.75) is 0 Å². The maximum atomic E-state index is 5.98. The molecule has 0 aliphatic carbocycles. The minimum absolute atomic E-state index is 0.756. The number of hydrogen-bond acceptors (Lipinski definition) is 3. The number of hydrogen-bond donors (Lipinski definition) is 0. The standard InChI is InChI=1S/C20H16INO2/c1-23-16-10-12-17(13-11-16)24-20-9-5-2-6-15(20)14-22-19-8-4-3-7-18(19)21/h2-14H,1H3. The molecule has 0 aliphatic rings. The van der Waals surface area contributed by atoms with Crippen molar-refractivity contribution in [1.29, 1.82) is 0 Å². The van der Waals surface area contributed by atoms with Gasteiger partial charge in [0.25, 0.3) is 0 Å². The van der Waals surface area contributed by atoms with E-state index in [1.165, 1.54) is 0 Å². The van der Waals surface area contributed by atoms with Gasteiger partial charge in [0, 0.05) is 15.3 Å². The Morgan fingerprint density at radius 3 is 2.25 bits per heavy atom. The Hall–Kier alpha value is -2.34. The van der Waals surface area contributed by atoms with Crippen molar-refractivity contribution in [2.75, 3.05) is 7.11 Å². The number of nitrogens with zero attached hydrogens (tertiary/aromatic N) is 1. The molecular weight excluding hydrogens is 413 g/mol. The minimum Gasteiger partial charge on any atom is -0.497 e. The third-order valence-corrected chi connectivity index (χ3v) is 4.31. The summed E-state index contributed by atoms with van der Waals surface area (Å²) in [5.74, 6) is 2.32. The lowest BCUT2D eigenvalue weighted by Crippen LogP contribution is -1.91. The van der Waals surface area contributed by atoms with E-state index >= 15 is 0 Å². The number of methoxy groups -OCH3 is 1. The number of aliphatic imine (C=N–C) groups is 1. The lowest BCUT2D eigenvalue weighted by molar-refractivity contribution is 0.413. The molecule has 0 heterocycles. The van der Waals surface area contributed by atoms with Crippen LogP contribution in [0.2, 0.25) is 0 Å². The lowest BCUT2D eigenvalue weighted by Gasteiger charge is -2.09. The second-order valence-electron chi connectivity index (χ2n) is 5.03. The summed E-state index contributed by atoms with van der Waals surface area (Å²) in [7, 11) is 1.65. The van der Waals surface area contributed by atoms with Crippen molar-refractivity contribution in [2.24, 2.45) is 4.99 Å². The van der Waals surface area contributed by atoms with Gasteiger partial charge in [0.05, 0.1) is 12.8 Å². The maximum Gasteiger partial charge on any atom is 0.136 e. The van der Waals surface area contributed by atoms with Gasteiger partial charge in [-0.2, -0.15) is 0 Å². The summed E-state index contributed by atoms with van der Waals surface area (Å²) in [6.07, 6.45) is 1.83. The molecule has 3 nitrogen and oxygen atoms in total. The van der Waals surface area contributed by atoms with Crippen LogP contribution in [0.25, 0.3) is 0 Å². The minimum atomic E-state index is 0.756. The fraction of sp³-hybridized carbons (Fsp3) is 0.0500. The van der Waals surface area contributed by atoms with E-state index in [4.69, 9.17) is 9.47 Å². The normalized spacial score (nSPS) is 10.8. The van der Waals surface area contributed by atoms with Gasteiger partial charge < -0.3 is 9.47 Å². The van der Waals surface area contributed by atoms with E-state index in [0.29, 0.717) is 0 Å². The predicted octanol–water partition coefficient (Wildman–Crippen LogP) is 5.84. The zero-order valence-electron chi connectivity index (χ0n) is 13.1. The molecule has 0 atom stereocenters. The van der Waals surface area contributed by atoms with Crippen LogP contribution in [-0.2, 0) is 0 Å². The Morgan fingerprint density at radius 2 is 1.50 bits per heavy atom. The Morgan fingerprint density at radius 1 is 0.833 bits per heavy atom. The Kier molecular flexibility index (Phi) is 5.48. The van der Waals surface area contributed by atoms with Crippen LogP contribution in [-0.4, -0.2) is 13.3 Å². The fourth-order valence-electron chi connectivity index (χ4n) is 2.15. The highest BCUT2D eigenvalue weighted by Crippen LogP contribution is 2.27. The third-order valence-electron chi connectivity index (χ3n) is 3.40. The summed E-state index contributed by atoms with van der Waals surface area (Å²) < 4.78 is 12.3. The van der Waals surface area contributed by atoms with Gasteiger partial charge in [0.2, 0.25) is 0 Å². The first-order valence-corrected chi connectivity index (χ1v) is 8.53. The first kappa shape index (κ1) is 16.5. The zero-order valence-corrected chi connectivity index (χ0v) is 15.3. The Bertz CT molecular complexity index is 844. The molecule has 0 fully saturated rings. The van der Waals surface area contributed by atoms with Crippen LogP contribution in [0.1, 0.15) is 5.56 Å². The first-order valence-electron chi connectivity index (χ1n) is 7.46. The van der Waals surface area contributed by atoms with E-state index in [2.05, 4.69) is 27.6 Å². The third kappa shape index (κ3) is 4.14. The molecule has 3 aromatic carbocycles. The molecular formula is C20H16INO2. The molecule has 3 aromatic rings. The van der Waals surface area contributed by atoms with Gasteiger partial charge in [0.1, 0.15) is 17.2 Å². The Balaban J connectivity index is 1.83. The predicted molar refractivity (Wildman–Crippen MR) is 106 cm³/mol. The molecule has 0 saturated carbocycles. The van der Waals surface area contributed by atoms with Crippen LogP contribution in [0.3, 0.4) is 0 Å². The van der Waals surface area contributed by atoms with Crippen molar-refractivity contribution in [3.8, 4) is 17.2 Å². The molecule has 4 heteroatoms. The summed E-state index contributed by atoms with van der Waals surface area (Å²) in [4.78, 5) is 4.57. The number of ether oxygens (including phenoxy) is 2. The quantitative estimate of drug-likeness (QED) is 0.377. The SMILES string of the molecule is COc1ccc(Oc2ccccc2C=Nc2ccccc2I)cc1. The molecule has 24 heavy (non-hydrogen) atoms. The fourth-order valence-corrected chi connectivity index (χ4v) is 2.67. The van der Waals surface area contributed by atoms with Crippen molar-refractivity contribution < 1.29 is 9.47 Å². The largest absolute Gasteiger partial charge is 0.497 e. The van der Waals surface area contributed by atoms with Crippen LogP contribution in [0, 0.1) is 3.57 Å². The van der Waals surface area contributed by atoms with E-state index in [0.717, 1.165) is 32.1 Å². The molecule has 0 spiro atoms. The molecule has 0 aromatic heterocycles. The van der Waals surface area contributed by atoms with Crippen LogP contribution in [0.15, 0.2) is 77.8 Å². The maximum absolute atomic E-state index is 5.98. The molecule has 120 valence electrons. The van der Waals surface area contributed by atoms with Crippen LogP contribution in [0.5, 0.6) is 17.2 Å². The van der Waals surface area contributed by atoms with E-state index in [9.17, 15) is 0 Å². The highest BCUT2D eigenvalue weighted by molar-refractivity contribution is 14.1. The number of rotatable bonds is 5. The summed E-state index contributed by atoms with van der Waals surface area (Å²) in [5, 5.41) is 0. The zero-order chi connectivity index (χ0) is 16.8. The smallest absolute Gasteiger partial charge is 0.136 e. The monoisotopic (exact) mass is 429 g/mol. The second kappa shape index (κ2) is 7.97. The Labute approximate surface area is 155 Å². The van der Waals surface area contributed by atoms with Gasteiger partial charge >= 0.3 is 0 Å². The molecule has 0 amide bonds. The molecule has 0 radical (unpaired) electrons. The topological polar surface area (TPSA) is 30.8 Å². The van der Waals surface area contributed by atoms with Crippen molar-refractivity contribution in [1.82, 2.24) is 0 Å². The summed E-state index contributed by atoms with van der Waals surface area (Å²) in [5.41, 5.74) is 1.87.